The van der Waals surface area contributed by atoms with Crippen molar-refractivity contribution < 1.29 is 16.8 Å². The van der Waals surface area contributed by atoms with E-state index < -0.39 is 16.5 Å². The molecule has 0 N–H and O–H groups in total. The van der Waals surface area contributed by atoms with Crippen molar-refractivity contribution in [2.24, 2.45) is 0 Å². The summed E-state index contributed by atoms with van der Waals surface area (Å²) >= 11 is 0. The lowest BCUT2D eigenvalue weighted by molar-refractivity contribution is 0.620. The average molecular weight is 440 g/mol. The molecular weight excluding hydrogens is 426 g/mol. The third kappa shape index (κ3) is 44.9. The van der Waals surface area contributed by atoms with Gasteiger partial charge in [-0.2, -0.15) is 16.8 Å². The summed E-state index contributed by atoms with van der Waals surface area (Å²) in [5, 5.41) is 0. The van der Waals surface area contributed by atoms with Crippen molar-refractivity contribution in [1.82, 2.24) is 0 Å². The minimum atomic E-state index is -3.72. The first-order valence-corrected chi connectivity index (χ1v) is 12.0. The zero-order valence-electron chi connectivity index (χ0n) is 11.8. The maximum Gasteiger partial charge on any atom is 0.317 e. The van der Waals surface area contributed by atoms with Crippen molar-refractivity contribution in [2.45, 2.75) is 6.92 Å². The van der Waals surface area contributed by atoms with Crippen LogP contribution >= 0.6 is 42.7 Å². The van der Waals surface area contributed by atoms with Gasteiger partial charge in [0.25, 0.3) is 0 Å². The van der Waals surface area contributed by atoms with E-state index in [0.717, 1.165) is 0 Å². The molecule has 0 spiro atoms. The number of hydrogen-bond acceptors (Lipinski definition) is 4. The summed E-state index contributed by atoms with van der Waals surface area (Å²) in [6.45, 7) is 2.08. The standard InChI is InChI=1S/C7H8.C6H6.2Cl2O2S/c1-7-5-3-2-4-6-7;1-2-4-6-5-3-1;2*1-5(2,3)4/h2-6H,1H3;1-6H;;. The molecule has 0 atom stereocenters. The lowest BCUT2D eigenvalue weighted by Gasteiger charge is -1.82. The van der Waals surface area contributed by atoms with Crippen LogP contribution in [-0.4, -0.2) is 16.8 Å². The summed E-state index contributed by atoms with van der Waals surface area (Å²) in [6.07, 6.45) is 0. The average Bonchev–Trinajstić information content (AvgIpc) is 2.38. The summed E-state index contributed by atoms with van der Waals surface area (Å²) in [5.74, 6) is 0. The van der Waals surface area contributed by atoms with E-state index in [-0.39, 0.29) is 0 Å². The third-order valence-electron chi connectivity index (χ3n) is 1.61. The number of benzene rings is 2. The van der Waals surface area contributed by atoms with Gasteiger partial charge in [-0.3, -0.25) is 0 Å². The maximum absolute atomic E-state index is 9.16. The van der Waals surface area contributed by atoms with Crippen LogP contribution in [0.25, 0.3) is 0 Å². The van der Waals surface area contributed by atoms with Crippen molar-refractivity contribution in [3.05, 3.63) is 72.3 Å². The van der Waals surface area contributed by atoms with Gasteiger partial charge in [-0.15, -0.1) is 0 Å². The van der Waals surface area contributed by atoms with Crippen LogP contribution < -0.4 is 0 Å². The molecule has 10 heteroatoms. The van der Waals surface area contributed by atoms with Crippen molar-refractivity contribution >= 4 is 59.3 Å². The van der Waals surface area contributed by atoms with Gasteiger partial charge < -0.3 is 0 Å². The first-order valence-electron chi connectivity index (χ1n) is 5.69. The Balaban J connectivity index is 0. The highest BCUT2D eigenvalue weighted by atomic mass is 36.0. The Hall–Kier alpha value is -0.500. The molecule has 0 saturated heterocycles. The normalized spacial score (nSPS) is 9.78. The molecule has 130 valence electrons. The van der Waals surface area contributed by atoms with Crippen LogP contribution in [0, 0.1) is 6.92 Å². The Morgan fingerprint density at radius 3 is 0.870 bits per heavy atom. The Morgan fingerprint density at radius 2 is 0.739 bits per heavy atom. The number of aryl methyl sites for hydroxylation is 1. The number of rotatable bonds is 0. The maximum atomic E-state index is 9.16. The fourth-order valence-electron chi connectivity index (χ4n) is 0.919. The SMILES string of the molecule is Cc1ccccc1.O=S(=O)(Cl)Cl.O=S(=O)(Cl)Cl.c1ccccc1. The van der Waals surface area contributed by atoms with Gasteiger partial charge in [-0.25, -0.2) is 0 Å². The summed E-state index contributed by atoms with van der Waals surface area (Å²) in [6, 6.07) is 22.3. The molecule has 0 radical (unpaired) electrons. The highest BCUT2D eigenvalue weighted by molar-refractivity contribution is 8.31. The first kappa shape index (κ1) is 24.7. The summed E-state index contributed by atoms with van der Waals surface area (Å²) in [5.41, 5.74) is 1.32. The molecule has 0 aliphatic carbocycles. The van der Waals surface area contributed by atoms with Crippen LogP contribution in [0.1, 0.15) is 5.56 Å². The highest BCUT2D eigenvalue weighted by Gasteiger charge is 1.89. The molecule has 0 aliphatic heterocycles. The van der Waals surface area contributed by atoms with E-state index in [1.807, 2.05) is 54.6 Å². The van der Waals surface area contributed by atoms with Gasteiger partial charge in [0.2, 0.25) is 0 Å². The molecule has 0 aromatic heterocycles. The van der Waals surface area contributed by atoms with Crippen LogP contribution in [-0.2, 0) is 16.5 Å². The molecule has 0 unspecified atom stereocenters. The third-order valence-corrected chi connectivity index (χ3v) is 1.61. The molecule has 0 amide bonds. The Morgan fingerprint density at radius 1 is 0.565 bits per heavy atom. The van der Waals surface area contributed by atoms with Crippen molar-refractivity contribution in [3.63, 3.8) is 0 Å². The van der Waals surface area contributed by atoms with E-state index >= 15 is 0 Å². The summed E-state index contributed by atoms with van der Waals surface area (Å²) in [7, 11) is 9.63. The molecule has 4 nitrogen and oxygen atoms in total. The second-order valence-electron chi connectivity index (χ2n) is 3.57. The first-order chi connectivity index (χ1) is 10.4. The minimum absolute atomic E-state index is 1.32. The second kappa shape index (κ2) is 13.9. The van der Waals surface area contributed by atoms with Gasteiger partial charge in [0, 0.05) is 42.7 Å². The Bertz CT molecular complexity index is 633. The van der Waals surface area contributed by atoms with Crippen molar-refractivity contribution in [3.8, 4) is 0 Å². The fraction of sp³-hybridized carbons (Fsp3) is 0.0769. The van der Waals surface area contributed by atoms with Crippen LogP contribution in [0.4, 0.5) is 0 Å². The zero-order valence-corrected chi connectivity index (χ0v) is 16.5. The van der Waals surface area contributed by atoms with E-state index in [4.69, 9.17) is 16.8 Å². The van der Waals surface area contributed by atoms with E-state index in [9.17, 15) is 0 Å². The molecule has 2 aromatic carbocycles. The van der Waals surface area contributed by atoms with Crippen LogP contribution in [0.15, 0.2) is 66.7 Å². The molecule has 0 saturated carbocycles. The summed E-state index contributed by atoms with van der Waals surface area (Å²) < 4.78 is 36.7. The molecule has 0 bridgehead atoms. The van der Waals surface area contributed by atoms with Crippen molar-refractivity contribution in [1.29, 1.82) is 0 Å². The molecule has 2 rings (SSSR count). The Kier molecular flexibility index (Phi) is 15.0. The van der Waals surface area contributed by atoms with Gasteiger partial charge in [0.05, 0.1) is 0 Å². The summed E-state index contributed by atoms with van der Waals surface area (Å²) in [4.78, 5) is 0. The number of hydrogen-bond donors (Lipinski definition) is 0. The van der Waals surface area contributed by atoms with E-state index in [1.165, 1.54) is 5.56 Å². The van der Waals surface area contributed by atoms with Gasteiger partial charge in [0.15, 0.2) is 0 Å². The van der Waals surface area contributed by atoms with E-state index in [2.05, 4.69) is 61.8 Å². The highest BCUT2D eigenvalue weighted by Crippen LogP contribution is 1.99. The topological polar surface area (TPSA) is 68.3 Å². The zero-order chi connectivity index (χ0) is 18.4. The van der Waals surface area contributed by atoms with Crippen LogP contribution in [0.5, 0.6) is 0 Å². The molecule has 23 heavy (non-hydrogen) atoms. The second-order valence-corrected chi connectivity index (χ2v) is 10.9. The van der Waals surface area contributed by atoms with Crippen LogP contribution in [0.2, 0.25) is 0 Å². The van der Waals surface area contributed by atoms with Crippen LogP contribution in [0.3, 0.4) is 0 Å². The van der Waals surface area contributed by atoms with Crippen molar-refractivity contribution in [2.75, 3.05) is 0 Å². The lowest BCUT2D eigenvalue weighted by Crippen LogP contribution is -1.63. The molecule has 0 heterocycles. The lowest BCUT2D eigenvalue weighted by atomic mass is 10.2. The van der Waals surface area contributed by atoms with Gasteiger partial charge >= 0.3 is 16.5 Å². The van der Waals surface area contributed by atoms with E-state index in [1.54, 1.807) is 0 Å². The molecule has 0 aliphatic rings. The van der Waals surface area contributed by atoms with Gasteiger partial charge in [-0.1, -0.05) is 72.3 Å². The predicted molar refractivity (Wildman–Crippen MR) is 98.9 cm³/mol. The fourth-order valence-corrected chi connectivity index (χ4v) is 0.919. The monoisotopic (exact) mass is 438 g/mol. The smallest absolute Gasteiger partial charge is 0.195 e. The molecule has 2 aromatic rings. The predicted octanol–water partition coefficient (Wildman–Crippen LogP) is 5.10. The molecular formula is C13H14Cl4O4S2. The quantitative estimate of drug-likeness (QED) is 0.535. The minimum Gasteiger partial charge on any atom is -0.195 e. The largest absolute Gasteiger partial charge is 0.317 e. The molecule has 0 fully saturated rings. The Labute approximate surface area is 154 Å². The number of halogens is 4. The van der Waals surface area contributed by atoms with E-state index in [0.29, 0.717) is 0 Å². The van der Waals surface area contributed by atoms with Gasteiger partial charge in [-0.05, 0) is 6.92 Å². The van der Waals surface area contributed by atoms with Gasteiger partial charge in [0.1, 0.15) is 0 Å².